The van der Waals surface area contributed by atoms with Gasteiger partial charge in [0.1, 0.15) is 18.8 Å². The standard InChI is InChI=1S/C9H11N3O2/c1-6(2)7-3-8(11-5-10-7)12-9(14)4-13/h3,5,13H,1,4H2,2H3,(H,10,11,12,14). The van der Waals surface area contributed by atoms with E-state index >= 15 is 0 Å². The highest BCUT2D eigenvalue weighted by Gasteiger charge is 2.02. The number of hydrogen-bond donors (Lipinski definition) is 2. The molecule has 0 aromatic carbocycles. The summed E-state index contributed by atoms with van der Waals surface area (Å²) in [5.41, 5.74) is 1.44. The lowest BCUT2D eigenvalue weighted by Gasteiger charge is -2.03. The van der Waals surface area contributed by atoms with E-state index in [-0.39, 0.29) is 0 Å². The van der Waals surface area contributed by atoms with Crippen LogP contribution in [0.15, 0.2) is 19.0 Å². The van der Waals surface area contributed by atoms with E-state index in [1.165, 1.54) is 6.33 Å². The number of rotatable bonds is 3. The fourth-order valence-electron chi connectivity index (χ4n) is 0.841. The van der Waals surface area contributed by atoms with Crippen molar-refractivity contribution in [3.05, 3.63) is 24.7 Å². The quantitative estimate of drug-likeness (QED) is 0.730. The Morgan fingerprint density at radius 2 is 2.36 bits per heavy atom. The Kier molecular flexibility index (Phi) is 3.30. The lowest BCUT2D eigenvalue weighted by atomic mass is 10.2. The van der Waals surface area contributed by atoms with Crippen molar-refractivity contribution in [2.75, 3.05) is 11.9 Å². The molecule has 0 aliphatic carbocycles. The van der Waals surface area contributed by atoms with E-state index < -0.39 is 12.5 Å². The number of aliphatic hydroxyl groups is 1. The van der Waals surface area contributed by atoms with Gasteiger partial charge in [-0.05, 0) is 12.5 Å². The summed E-state index contributed by atoms with van der Waals surface area (Å²) in [5, 5.41) is 10.9. The first kappa shape index (κ1) is 10.3. The molecule has 2 N–H and O–H groups in total. The minimum atomic E-state index is -0.563. The van der Waals surface area contributed by atoms with Crippen LogP contribution in [0.1, 0.15) is 12.6 Å². The molecule has 1 amide bonds. The molecule has 5 nitrogen and oxygen atoms in total. The van der Waals surface area contributed by atoms with Gasteiger partial charge in [0.15, 0.2) is 0 Å². The van der Waals surface area contributed by atoms with Gasteiger partial charge >= 0.3 is 0 Å². The van der Waals surface area contributed by atoms with Gasteiger partial charge in [-0.1, -0.05) is 6.58 Å². The van der Waals surface area contributed by atoms with Crippen molar-refractivity contribution < 1.29 is 9.90 Å². The second-order valence-electron chi connectivity index (χ2n) is 2.78. The summed E-state index contributed by atoms with van der Waals surface area (Å²) < 4.78 is 0. The molecule has 0 fully saturated rings. The van der Waals surface area contributed by atoms with Crippen molar-refractivity contribution in [3.8, 4) is 0 Å². The van der Waals surface area contributed by atoms with Crippen molar-refractivity contribution >= 4 is 17.3 Å². The smallest absolute Gasteiger partial charge is 0.251 e. The van der Waals surface area contributed by atoms with Crippen LogP contribution in [0.3, 0.4) is 0 Å². The third-order valence-electron chi connectivity index (χ3n) is 1.52. The fourth-order valence-corrected chi connectivity index (χ4v) is 0.841. The number of nitrogens with zero attached hydrogens (tertiary/aromatic N) is 2. The van der Waals surface area contributed by atoms with Crippen molar-refractivity contribution in [2.24, 2.45) is 0 Å². The molecule has 0 atom stereocenters. The van der Waals surface area contributed by atoms with Gasteiger partial charge in [-0.2, -0.15) is 0 Å². The third kappa shape index (κ3) is 2.63. The maximum absolute atomic E-state index is 10.8. The highest BCUT2D eigenvalue weighted by molar-refractivity contribution is 5.90. The summed E-state index contributed by atoms with van der Waals surface area (Å²) in [7, 11) is 0. The van der Waals surface area contributed by atoms with Gasteiger partial charge in [0.2, 0.25) is 0 Å². The number of amides is 1. The second kappa shape index (κ2) is 4.48. The maximum Gasteiger partial charge on any atom is 0.251 e. The summed E-state index contributed by atoms with van der Waals surface area (Å²) in [6, 6.07) is 1.59. The predicted octanol–water partition coefficient (Wildman–Crippen LogP) is 0.440. The molecule has 0 saturated carbocycles. The van der Waals surface area contributed by atoms with Gasteiger partial charge in [0.05, 0.1) is 5.69 Å². The molecular formula is C9H11N3O2. The van der Waals surface area contributed by atoms with E-state index in [2.05, 4.69) is 21.9 Å². The molecule has 0 bridgehead atoms. The van der Waals surface area contributed by atoms with E-state index in [1.54, 1.807) is 13.0 Å². The number of carbonyl (C=O) groups excluding carboxylic acids is 1. The van der Waals surface area contributed by atoms with Crippen LogP contribution < -0.4 is 5.32 Å². The molecular weight excluding hydrogens is 182 g/mol. The number of aliphatic hydroxyl groups excluding tert-OH is 1. The Morgan fingerprint density at radius 3 is 2.93 bits per heavy atom. The number of nitrogens with one attached hydrogen (secondary N) is 1. The largest absolute Gasteiger partial charge is 0.387 e. The average molecular weight is 193 g/mol. The van der Waals surface area contributed by atoms with Gasteiger partial charge in [-0.3, -0.25) is 4.79 Å². The number of aromatic nitrogens is 2. The zero-order valence-corrected chi connectivity index (χ0v) is 7.82. The van der Waals surface area contributed by atoms with Gasteiger partial charge in [-0.15, -0.1) is 0 Å². The van der Waals surface area contributed by atoms with Crippen molar-refractivity contribution in [3.63, 3.8) is 0 Å². The molecule has 1 heterocycles. The molecule has 1 aromatic heterocycles. The van der Waals surface area contributed by atoms with Crippen LogP contribution in [0.25, 0.3) is 5.57 Å². The summed E-state index contributed by atoms with van der Waals surface area (Å²) in [4.78, 5) is 18.6. The molecule has 74 valence electrons. The van der Waals surface area contributed by atoms with Crippen LogP contribution >= 0.6 is 0 Å². The molecule has 0 saturated heterocycles. The first-order valence-corrected chi connectivity index (χ1v) is 4.02. The summed E-state index contributed by atoms with van der Waals surface area (Å²) >= 11 is 0. The van der Waals surface area contributed by atoms with Gasteiger partial charge in [-0.25, -0.2) is 9.97 Å². The molecule has 1 aromatic rings. The average Bonchev–Trinajstić information content (AvgIpc) is 2.18. The number of allylic oxidation sites excluding steroid dienone is 1. The van der Waals surface area contributed by atoms with E-state index in [4.69, 9.17) is 5.11 Å². The molecule has 0 unspecified atom stereocenters. The van der Waals surface area contributed by atoms with Crippen LogP contribution in [0.5, 0.6) is 0 Å². The van der Waals surface area contributed by atoms with Gasteiger partial charge < -0.3 is 10.4 Å². The molecule has 0 aliphatic heterocycles. The summed E-state index contributed by atoms with van der Waals surface area (Å²) in [6.45, 7) is 4.96. The topological polar surface area (TPSA) is 75.1 Å². The normalized spacial score (nSPS) is 9.57. The Balaban J connectivity index is 2.83. The first-order chi connectivity index (χ1) is 6.63. The molecule has 0 aliphatic rings. The van der Waals surface area contributed by atoms with E-state index in [0.717, 1.165) is 5.57 Å². The second-order valence-corrected chi connectivity index (χ2v) is 2.78. The summed E-state index contributed by atoms with van der Waals surface area (Å²) in [6.07, 6.45) is 1.33. The van der Waals surface area contributed by atoms with Crippen molar-refractivity contribution in [1.29, 1.82) is 0 Å². The van der Waals surface area contributed by atoms with Gasteiger partial charge in [0, 0.05) is 6.07 Å². The van der Waals surface area contributed by atoms with Crippen molar-refractivity contribution in [2.45, 2.75) is 6.92 Å². The Morgan fingerprint density at radius 1 is 1.64 bits per heavy atom. The number of anilines is 1. The highest BCUT2D eigenvalue weighted by Crippen LogP contribution is 2.10. The number of hydrogen-bond acceptors (Lipinski definition) is 4. The lowest BCUT2D eigenvalue weighted by Crippen LogP contribution is -2.16. The SMILES string of the molecule is C=C(C)c1cc(NC(=O)CO)ncn1. The van der Waals surface area contributed by atoms with Gasteiger partial charge in [0.25, 0.3) is 5.91 Å². The first-order valence-electron chi connectivity index (χ1n) is 4.02. The van der Waals surface area contributed by atoms with Crippen LogP contribution in [-0.2, 0) is 4.79 Å². The fraction of sp³-hybridized carbons (Fsp3) is 0.222. The predicted molar refractivity (Wildman–Crippen MR) is 52.5 cm³/mol. The molecule has 0 spiro atoms. The van der Waals surface area contributed by atoms with Crippen molar-refractivity contribution in [1.82, 2.24) is 9.97 Å². The van der Waals surface area contributed by atoms with Crippen LogP contribution in [0.4, 0.5) is 5.82 Å². The lowest BCUT2D eigenvalue weighted by molar-refractivity contribution is -0.118. The van der Waals surface area contributed by atoms with Crippen LogP contribution in [-0.4, -0.2) is 27.6 Å². The minimum absolute atomic E-state index is 0.358. The minimum Gasteiger partial charge on any atom is -0.387 e. The number of carbonyl (C=O) groups is 1. The third-order valence-corrected chi connectivity index (χ3v) is 1.52. The van der Waals surface area contributed by atoms with E-state index in [1.807, 2.05) is 0 Å². The molecule has 0 radical (unpaired) electrons. The maximum atomic E-state index is 10.8. The monoisotopic (exact) mass is 193 g/mol. The summed E-state index contributed by atoms with van der Waals surface area (Å²) in [5.74, 6) is -0.145. The Hall–Kier alpha value is -1.75. The van der Waals surface area contributed by atoms with Crippen LogP contribution in [0.2, 0.25) is 0 Å². The Bertz CT molecular complexity index is 363. The molecule has 14 heavy (non-hydrogen) atoms. The molecule has 1 rings (SSSR count). The zero-order valence-electron chi connectivity index (χ0n) is 7.82. The molecule has 5 heteroatoms. The highest BCUT2D eigenvalue weighted by atomic mass is 16.3. The Labute approximate surface area is 81.5 Å². The van der Waals surface area contributed by atoms with Crippen LogP contribution in [0, 0.1) is 0 Å². The van der Waals surface area contributed by atoms with E-state index in [9.17, 15) is 4.79 Å². The zero-order chi connectivity index (χ0) is 10.6. The van der Waals surface area contributed by atoms with E-state index in [0.29, 0.717) is 11.5 Å².